The molecule has 0 bridgehead atoms. The van der Waals surface area contributed by atoms with Gasteiger partial charge in [-0.2, -0.15) is 0 Å². The SMILES string of the molecule is COC(=O)c1ccccc1NC(=O)COC(=O)CCCNc1ccccc1[N+](=O)[O-]. The quantitative estimate of drug-likeness (QED) is 0.262. The summed E-state index contributed by atoms with van der Waals surface area (Å²) in [5.41, 5.74) is 0.739. The molecule has 2 aromatic carbocycles. The van der Waals surface area contributed by atoms with Crippen molar-refractivity contribution in [3.05, 3.63) is 64.2 Å². The predicted octanol–water partition coefficient (Wildman–Crippen LogP) is 2.76. The molecule has 0 radical (unpaired) electrons. The summed E-state index contributed by atoms with van der Waals surface area (Å²) < 4.78 is 9.56. The Labute approximate surface area is 172 Å². The van der Waals surface area contributed by atoms with Gasteiger partial charge in [-0.15, -0.1) is 0 Å². The second-order valence-electron chi connectivity index (χ2n) is 6.05. The number of nitro benzene ring substituents is 1. The van der Waals surface area contributed by atoms with Crippen molar-refractivity contribution in [2.45, 2.75) is 12.8 Å². The number of anilines is 2. The van der Waals surface area contributed by atoms with Crippen molar-refractivity contribution in [3.8, 4) is 0 Å². The number of carbonyl (C=O) groups excluding carboxylic acids is 3. The van der Waals surface area contributed by atoms with Crippen molar-refractivity contribution in [2.24, 2.45) is 0 Å². The number of hydrogen-bond acceptors (Lipinski definition) is 8. The largest absolute Gasteiger partial charge is 0.465 e. The van der Waals surface area contributed by atoms with Gasteiger partial charge in [0, 0.05) is 19.0 Å². The standard InChI is InChI=1S/C20H21N3O7/c1-29-20(26)14-7-2-3-8-15(14)22-18(24)13-30-19(25)11-6-12-21-16-9-4-5-10-17(16)23(27)28/h2-5,7-10,21H,6,11-13H2,1H3,(H,22,24). The monoisotopic (exact) mass is 415 g/mol. The van der Waals surface area contributed by atoms with E-state index in [9.17, 15) is 24.5 Å². The fourth-order valence-corrected chi connectivity index (χ4v) is 2.52. The molecule has 0 fully saturated rings. The molecule has 10 nitrogen and oxygen atoms in total. The van der Waals surface area contributed by atoms with Gasteiger partial charge in [-0.3, -0.25) is 19.7 Å². The molecule has 1 amide bonds. The number of methoxy groups -OCH3 is 1. The Morgan fingerprint density at radius 1 is 1.03 bits per heavy atom. The van der Waals surface area contributed by atoms with Crippen LogP contribution in [0.25, 0.3) is 0 Å². The van der Waals surface area contributed by atoms with Gasteiger partial charge in [0.15, 0.2) is 6.61 Å². The zero-order chi connectivity index (χ0) is 21.9. The first-order chi connectivity index (χ1) is 14.4. The number of esters is 2. The number of benzene rings is 2. The highest BCUT2D eigenvalue weighted by Crippen LogP contribution is 2.23. The van der Waals surface area contributed by atoms with Gasteiger partial charge >= 0.3 is 11.9 Å². The predicted molar refractivity (Wildman–Crippen MR) is 108 cm³/mol. The second kappa shape index (κ2) is 11.1. The van der Waals surface area contributed by atoms with Gasteiger partial charge < -0.3 is 20.1 Å². The lowest BCUT2D eigenvalue weighted by molar-refractivity contribution is -0.384. The molecule has 0 atom stereocenters. The van der Waals surface area contributed by atoms with E-state index in [0.29, 0.717) is 18.7 Å². The third-order valence-electron chi connectivity index (χ3n) is 3.94. The average molecular weight is 415 g/mol. The van der Waals surface area contributed by atoms with E-state index in [0.717, 1.165) is 0 Å². The highest BCUT2D eigenvalue weighted by atomic mass is 16.6. The van der Waals surface area contributed by atoms with Gasteiger partial charge in [-0.25, -0.2) is 4.79 Å². The van der Waals surface area contributed by atoms with Crippen molar-refractivity contribution in [1.29, 1.82) is 0 Å². The van der Waals surface area contributed by atoms with Gasteiger partial charge in [0.2, 0.25) is 0 Å². The minimum absolute atomic E-state index is 0.0274. The lowest BCUT2D eigenvalue weighted by Gasteiger charge is -2.10. The first-order valence-electron chi connectivity index (χ1n) is 9.02. The van der Waals surface area contributed by atoms with Crippen LogP contribution in [0.5, 0.6) is 0 Å². The minimum Gasteiger partial charge on any atom is -0.465 e. The Bertz CT molecular complexity index is 930. The van der Waals surface area contributed by atoms with E-state index in [2.05, 4.69) is 15.4 Å². The van der Waals surface area contributed by atoms with E-state index in [-0.39, 0.29) is 23.4 Å². The van der Waals surface area contributed by atoms with Crippen LogP contribution in [0.4, 0.5) is 17.1 Å². The molecule has 2 N–H and O–H groups in total. The van der Waals surface area contributed by atoms with E-state index < -0.39 is 29.4 Å². The molecule has 0 aliphatic carbocycles. The van der Waals surface area contributed by atoms with Crippen LogP contribution in [-0.2, 0) is 19.1 Å². The van der Waals surface area contributed by atoms with Gasteiger partial charge in [0.1, 0.15) is 5.69 Å². The number of hydrogen-bond donors (Lipinski definition) is 2. The Morgan fingerprint density at radius 2 is 1.70 bits per heavy atom. The van der Waals surface area contributed by atoms with Gasteiger partial charge in [-0.1, -0.05) is 24.3 Å². The normalized spacial score (nSPS) is 10.0. The van der Waals surface area contributed by atoms with E-state index in [4.69, 9.17) is 4.74 Å². The number of carbonyl (C=O) groups is 3. The third-order valence-corrected chi connectivity index (χ3v) is 3.94. The van der Waals surface area contributed by atoms with Crippen LogP contribution in [0.15, 0.2) is 48.5 Å². The first kappa shape index (κ1) is 22.3. The van der Waals surface area contributed by atoms with Gasteiger partial charge in [-0.05, 0) is 24.6 Å². The maximum Gasteiger partial charge on any atom is 0.339 e. The molecule has 0 aliphatic heterocycles. The molecule has 158 valence electrons. The minimum atomic E-state index is -0.603. The molecule has 2 aromatic rings. The zero-order valence-corrected chi connectivity index (χ0v) is 16.3. The van der Waals surface area contributed by atoms with E-state index in [1.54, 1.807) is 30.3 Å². The molecule has 0 saturated carbocycles. The van der Waals surface area contributed by atoms with Gasteiger partial charge in [0.25, 0.3) is 11.6 Å². The maximum atomic E-state index is 12.0. The summed E-state index contributed by atoms with van der Waals surface area (Å²) in [5.74, 6) is -1.79. The van der Waals surface area contributed by atoms with Crippen LogP contribution in [0.1, 0.15) is 23.2 Å². The molecule has 30 heavy (non-hydrogen) atoms. The lowest BCUT2D eigenvalue weighted by atomic mass is 10.2. The number of nitrogens with zero attached hydrogens (tertiary/aromatic N) is 1. The van der Waals surface area contributed by atoms with Crippen LogP contribution in [0.2, 0.25) is 0 Å². The van der Waals surface area contributed by atoms with E-state index in [1.807, 2.05) is 0 Å². The number of nitro groups is 1. The zero-order valence-electron chi connectivity index (χ0n) is 16.3. The van der Waals surface area contributed by atoms with Crippen LogP contribution < -0.4 is 10.6 Å². The van der Waals surface area contributed by atoms with E-state index in [1.165, 1.54) is 25.3 Å². The molecular formula is C20H21N3O7. The first-order valence-corrected chi connectivity index (χ1v) is 9.02. The Morgan fingerprint density at radius 3 is 2.40 bits per heavy atom. The molecule has 0 heterocycles. The molecule has 0 aromatic heterocycles. The summed E-state index contributed by atoms with van der Waals surface area (Å²) in [6.07, 6.45) is 0.386. The average Bonchev–Trinajstić information content (AvgIpc) is 2.75. The second-order valence-corrected chi connectivity index (χ2v) is 6.05. The lowest BCUT2D eigenvalue weighted by Crippen LogP contribution is -2.22. The Kier molecular flexibility index (Phi) is 8.30. The fourth-order valence-electron chi connectivity index (χ4n) is 2.52. The molecule has 0 saturated heterocycles. The fraction of sp³-hybridized carbons (Fsp3) is 0.250. The summed E-state index contributed by atoms with van der Waals surface area (Å²) in [5, 5.41) is 16.3. The van der Waals surface area contributed by atoms with Crippen LogP contribution in [0, 0.1) is 10.1 Å². The van der Waals surface area contributed by atoms with Crippen LogP contribution in [-0.4, -0.2) is 43.0 Å². The summed E-state index contributed by atoms with van der Waals surface area (Å²) in [4.78, 5) is 45.9. The summed E-state index contributed by atoms with van der Waals surface area (Å²) in [7, 11) is 1.23. The Balaban J connectivity index is 1.73. The summed E-state index contributed by atoms with van der Waals surface area (Å²) in [6.45, 7) is -0.190. The molecular weight excluding hydrogens is 394 g/mol. The molecule has 10 heteroatoms. The topological polar surface area (TPSA) is 137 Å². The third kappa shape index (κ3) is 6.59. The molecule has 0 unspecified atom stereocenters. The highest BCUT2D eigenvalue weighted by molar-refractivity contribution is 6.01. The maximum absolute atomic E-state index is 12.0. The van der Waals surface area contributed by atoms with Gasteiger partial charge in [0.05, 0.1) is 23.3 Å². The highest BCUT2D eigenvalue weighted by Gasteiger charge is 2.15. The van der Waals surface area contributed by atoms with Crippen molar-refractivity contribution >= 4 is 34.9 Å². The molecule has 0 aliphatic rings. The smallest absolute Gasteiger partial charge is 0.339 e. The van der Waals surface area contributed by atoms with Crippen LogP contribution >= 0.6 is 0 Å². The number of ether oxygens (including phenoxy) is 2. The number of rotatable bonds is 10. The summed E-state index contributed by atoms with van der Waals surface area (Å²) in [6, 6.07) is 12.5. The summed E-state index contributed by atoms with van der Waals surface area (Å²) >= 11 is 0. The number of nitrogens with one attached hydrogen (secondary N) is 2. The number of para-hydroxylation sites is 3. The number of amides is 1. The van der Waals surface area contributed by atoms with Crippen molar-refractivity contribution < 1.29 is 28.8 Å². The van der Waals surface area contributed by atoms with Crippen LogP contribution in [0.3, 0.4) is 0 Å². The Hall–Kier alpha value is -3.95. The van der Waals surface area contributed by atoms with Crippen molar-refractivity contribution in [1.82, 2.24) is 0 Å². The van der Waals surface area contributed by atoms with Crippen molar-refractivity contribution in [3.63, 3.8) is 0 Å². The van der Waals surface area contributed by atoms with E-state index >= 15 is 0 Å². The molecule has 2 rings (SSSR count). The molecule has 0 spiro atoms. The van der Waals surface area contributed by atoms with Crippen molar-refractivity contribution in [2.75, 3.05) is 30.9 Å².